The van der Waals surface area contributed by atoms with Crippen LogP contribution in [-0.2, 0) is 6.54 Å². The Balaban J connectivity index is 1.48. The highest BCUT2D eigenvalue weighted by atomic mass is 32.1. The van der Waals surface area contributed by atoms with Gasteiger partial charge in [0.15, 0.2) is 5.13 Å². The number of aliphatic hydroxyl groups excluding tert-OH is 1. The minimum atomic E-state index is -0.366. The summed E-state index contributed by atoms with van der Waals surface area (Å²) >= 11 is 1.25. The molecule has 1 fully saturated rings. The lowest BCUT2D eigenvalue weighted by atomic mass is 10.1. The van der Waals surface area contributed by atoms with E-state index in [0.717, 1.165) is 24.4 Å². The molecule has 3 N–H and O–H groups in total. The predicted molar refractivity (Wildman–Crippen MR) is 136 cm³/mol. The second-order valence-electron chi connectivity index (χ2n) is 8.15. The summed E-state index contributed by atoms with van der Waals surface area (Å²) in [6.45, 7) is 8.13. The molecule has 1 aromatic carbocycles. The number of thiazole rings is 1. The van der Waals surface area contributed by atoms with Gasteiger partial charge >= 0.3 is 0 Å². The first-order valence-electron chi connectivity index (χ1n) is 11.3. The molecular formula is C25H29N5O4S. The lowest BCUT2D eigenvalue weighted by Crippen LogP contribution is -2.52. The normalized spacial score (nSPS) is 18.5. The minimum absolute atomic E-state index is 0.0306. The maximum absolute atomic E-state index is 13.1. The van der Waals surface area contributed by atoms with E-state index < -0.39 is 0 Å². The molecular weight excluding hydrogens is 466 g/mol. The number of aromatic nitrogens is 1. The van der Waals surface area contributed by atoms with Crippen LogP contribution in [0.3, 0.4) is 0 Å². The van der Waals surface area contributed by atoms with E-state index in [2.05, 4.69) is 27.1 Å². The number of rotatable bonds is 8. The van der Waals surface area contributed by atoms with Gasteiger partial charge in [-0.25, -0.2) is 4.98 Å². The molecule has 2 aliphatic rings. The summed E-state index contributed by atoms with van der Waals surface area (Å²) in [6, 6.07) is 5.37. The molecule has 0 unspecified atom stereocenters. The number of carbonyl (C=O) groups excluding carboxylic acids is 2. The number of ether oxygens (including phenoxy) is 1. The van der Waals surface area contributed by atoms with E-state index in [-0.39, 0.29) is 30.2 Å². The average Bonchev–Trinajstić information content (AvgIpc) is 3.50. The van der Waals surface area contributed by atoms with Gasteiger partial charge in [-0.1, -0.05) is 24.8 Å². The molecule has 184 valence electrons. The van der Waals surface area contributed by atoms with Gasteiger partial charge in [0.05, 0.1) is 31.7 Å². The fourth-order valence-corrected chi connectivity index (χ4v) is 4.97. The van der Waals surface area contributed by atoms with Crippen LogP contribution in [0.25, 0.3) is 0 Å². The van der Waals surface area contributed by atoms with Gasteiger partial charge in [-0.15, -0.1) is 11.3 Å². The summed E-state index contributed by atoms with van der Waals surface area (Å²) < 4.78 is 5.23. The summed E-state index contributed by atoms with van der Waals surface area (Å²) in [7, 11) is 1.56. The van der Waals surface area contributed by atoms with Crippen LogP contribution in [0, 0.1) is 0 Å². The van der Waals surface area contributed by atoms with Crippen molar-refractivity contribution in [3.05, 3.63) is 76.6 Å². The van der Waals surface area contributed by atoms with E-state index in [9.17, 15) is 14.7 Å². The standard InChI is InChI=1S/C25H29N5O4S/c1-4-6-22(29-10-9-26-17(13-29)14-31)20(5-2)27-23(32)21-15-35-25(28-21)30-12-16-7-8-18(34-3)11-19(16)24(30)33/h4-8,11,15,17,26,31H,1,9-10,12-14H2,2-3H3,(H,27,32)/b20-5+,22-6+/t17-/m0/s1. The van der Waals surface area contributed by atoms with Crippen LogP contribution in [0.5, 0.6) is 5.75 Å². The molecule has 1 atom stereocenters. The Hall–Kier alpha value is -3.47. The monoisotopic (exact) mass is 495 g/mol. The number of hydrogen-bond donors (Lipinski definition) is 3. The summed E-state index contributed by atoms with van der Waals surface area (Å²) in [5.74, 6) is 0.0909. The summed E-state index contributed by atoms with van der Waals surface area (Å²) in [6.07, 6.45) is 5.34. The third kappa shape index (κ3) is 5.14. The number of allylic oxidation sites excluding steroid dienone is 3. The lowest BCUT2D eigenvalue weighted by molar-refractivity contribution is 0.0955. The van der Waals surface area contributed by atoms with Crippen molar-refractivity contribution in [3.63, 3.8) is 0 Å². The van der Waals surface area contributed by atoms with Crippen LogP contribution in [-0.4, -0.2) is 66.2 Å². The Labute approximate surface area is 208 Å². The third-order valence-electron chi connectivity index (χ3n) is 5.98. The van der Waals surface area contributed by atoms with Crippen molar-refractivity contribution in [1.29, 1.82) is 0 Å². The molecule has 0 radical (unpaired) electrons. The topological polar surface area (TPSA) is 107 Å². The molecule has 35 heavy (non-hydrogen) atoms. The number of carbonyl (C=O) groups is 2. The van der Waals surface area contributed by atoms with E-state index in [1.54, 1.807) is 29.5 Å². The molecule has 3 heterocycles. The molecule has 10 heteroatoms. The second-order valence-corrected chi connectivity index (χ2v) is 8.99. The van der Waals surface area contributed by atoms with E-state index in [1.165, 1.54) is 11.3 Å². The highest BCUT2D eigenvalue weighted by molar-refractivity contribution is 7.14. The van der Waals surface area contributed by atoms with Gasteiger partial charge in [-0.3, -0.25) is 14.5 Å². The molecule has 0 aliphatic carbocycles. The average molecular weight is 496 g/mol. The molecule has 0 bridgehead atoms. The number of amides is 2. The van der Waals surface area contributed by atoms with Gasteiger partial charge in [0.1, 0.15) is 11.4 Å². The highest BCUT2D eigenvalue weighted by Crippen LogP contribution is 2.32. The van der Waals surface area contributed by atoms with Crippen LogP contribution in [0.1, 0.15) is 33.3 Å². The quantitative estimate of drug-likeness (QED) is 0.483. The second kappa shape index (κ2) is 10.9. The van der Waals surface area contributed by atoms with Gasteiger partial charge in [0.25, 0.3) is 11.8 Å². The number of hydrogen-bond acceptors (Lipinski definition) is 8. The molecule has 1 saturated heterocycles. The smallest absolute Gasteiger partial charge is 0.275 e. The third-order valence-corrected chi connectivity index (χ3v) is 6.85. The molecule has 0 spiro atoms. The van der Waals surface area contributed by atoms with Crippen molar-refractivity contribution in [2.24, 2.45) is 0 Å². The Morgan fingerprint density at radius 2 is 2.29 bits per heavy atom. The number of aliphatic hydroxyl groups is 1. The van der Waals surface area contributed by atoms with Crippen molar-refractivity contribution in [3.8, 4) is 5.75 Å². The first kappa shape index (κ1) is 24.6. The fourth-order valence-electron chi connectivity index (χ4n) is 4.17. The summed E-state index contributed by atoms with van der Waals surface area (Å²) in [5.41, 5.74) is 3.14. The van der Waals surface area contributed by atoms with Gasteiger partial charge in [0, 0.05) is 36.6 Å². The summed E-state index contributed by atoms with van der Waals surface area (Å²) in [5, 5.41) is 17.9. The number of methoxy groups -OCH3 is 1. The van der Waals surface area contributed by atoms with Gasteiger partial charge in [0.2, 0.25) is 0 Å². The zero-order valence-corrected chi connectivity index (χ0v) is 20.6. The van der Waals surface area contributed by atoms with E-state index in [0.29, 0.717) is 35.2 Å². The molecule has 0 saturated carbocycles. The van der Waals surface area contributed by atoms with Gasteiger partial charge in [-0.05, 0) is 30.7 Å². The number of nitrogens with zero attached hydrogens (tertiary/aromatic N) is 3. The number of anilines is 1. The Morgan fingerprint density at radius 1 is 1.46 bits per heavy atom. The Morgan fingerprint density at radius 3 is 3.00 bits per heavy atom. The van der Waals surface area contributed by atoms with E-state index >= 15 is 0 Å². The van der Waals surface area contributed by atoms with Crippen molar-refractivity contribution in [1.82, 2.24) is 20.5 Å². The maximum Gasteiger partial charge on any atom is 0.275 e. The zero-order valence-electron chi connectivity index (χ0n) is 19.8. The molecule has 2 aromatic rings. The predicted octanol–water partition coefficient (Wildman–Crippen LogP) is 2.28. The van der Waals surface area contributed by atoms with Crippen LogP contribution in [0.2, 0.25) is 0 Å². The van der Waals surface area contributed by atoms with Crippen molar-refractivity contribution < 1.29 is 19.4 Å². The van der Waals surface area contributed by atoms with E-state index in [4.69, 9.17) is 4.74 Å². The van der Waals surface area contributed by atoms with Crippen LogP contribution >= 0.6 is 11.3 Å². The fraction of sp³-hybridized carbons (Fsp3) is 0.320. The van der Waals surface area contributed by atoms with Crippen molar-refractivity contribution >= 4 is 28.3 Å². The number of fused-ring (bicyclic) bond motifs is 1. The Kier molecular flexibility index (Phi) is 7.64. The largest absolute Gasteiger partial charge is 0.497 e. The molecule has 4 rings (SSSR count). The number of piperazine rings is 1. The maximum atomic E-state index is 13.1. The molecule has 2 aliphatic heterocycles. The Bertz CT molecular complexity index is 1190. The molecule has 9 nitrogen and oxygen atoms in total. The first-order chi connectivity index (χ1) is 17.0. The first-order valence-corrected chi connectivity index (χ1v) is 12.2. The number of benzene rings is 1. The van der Waals surface area contributed by atoms with Gasteiger partial charge < -0.3 is 25.4 Å². The summed E-state index contributed by atoms with van der Waals surface area (Å²) in [4.78, 5) is 34.2. The van der Waals surface area contributed by atoms with Gasteiger partial charge in [-0.2, -0.15) is 0 Å². The molecule has 1 aromatic heterocycles. The van der Waals surface area contributed by atoms with Crippen LogP contribution in [0.15, 0.2) is 59.8 Å². The van der Waals surface area contributed by atoms with Crippen molar-refractivity contribution in [2.45, 2.75) is 19.5 Å². The van der Waals surface area contributed by atoms with E-state index in [1.807, 2.05) is 31.2 Å². The highest BCUT2D eigenvalue weighted by Gasteiger charge is 2.31. The zero-order chi connectivity index (χ0) is 24.9. The lowest BCUT2D eigenvalue weighted by Gasteiger charge is -2.36. The van der Waals surface area contributed by atoms with Crippen LogP contribution in [0.4, 0.5) is 5.13 Å². The van der Waals surface area contributed by atoms with Crippen LogP contribution < -0.4 is 20.3 Å². The molecule has 2 amide bonds. The number of nitrogens with one attached hydrogen (secondary N) is 2. The van der Waals surface area contributed by atoms with Crippen molar-refractivity contribution in [2.75, 3.05) is 38.3 Å². The minimum Gasteiger partial charge on any atom is -0.497 e. The SMILES string of the molecule is C=C/C=C(\C(=C/C)NC(=O)c1csc(N2Cc3ccc(OC)cc3C2=O)n1)N1CCN[C@H](CO)C1.